The van der Waals surface area contributed by atoms with Gasteiger partial charge >= 0.3 is 6.01 Å². The number of sulfonamides is 1. The van der Waals surface area contributed by atoms with Crippen LogP contribution >= 0.6 is 15.9 Å². The number of carbonyl (C=O) groups excluding carboxylic acids is 1. The molecule has 130 valence electrons. The summed E-state index contributed by atoms with van der Waals surface area (Å²) in [5, 5.41) is 10.1. The van der Waals surface area contributed by atoms with Crippen LogP contribution in [0.2, 0.25) is 0 Å². The summed E-state index contributed by atoms with van der Waals surface area (Å²) < 4.78 is 35.7. The molecule has 3 heterocycles. The van der Waals surface area contributed by atoms with Crippen molar-refractivity contribution in [3.63, 3.8) is 0 Å². The Balaban J connectivity index is 1.66. The van der Waals surface area contributed by atoms with Crippen LogP contribution in [0.15, 0.2) is 25.6 Å². The molecule has 9 nitrogen and oxygen atoms in total. The van der Waals surface area contributed by atoms with Gasteiger partial charge in [-0.2, -0.15) is 0 Å². The third kappa shape index (κ3) is 3.84. The number of anilines is 1. The number of carbonyl (C=O) groups is 1. The Hall–Kier alpha value is -1.72. The number of hydrogen-bond acceptors (Lipinski definition) is 7. The predicted octanol–water partition coefficient (Wildman–Crippen LogP) is 1.70. The van der Waals surface area contributed by atoms with Crippen LogP contribution in [0.4, 0.5) is 6.01 Å². The minimum absolute atomic E-state index is 0.0565. The first-order valence-electron chi connectivity index (χ1n) is 7.18. The maximum Gasteiger partial charge on any atom is 0.322 e. The van der Waals surface area contributed by atoms with E-state index in [1.807, 2.05) is 0 Å². The Bertz CT molecular complexity index is 846. The molecule has 0 spiro atoms. The molecule has 1 aliphatic heterocycles. The highest BCUT2D eigenvalue weighted by Crippen LogP contribution is 2.25. The summed E-state index contributed by atoms with van der Waals surface area (Å²) in [4.78, 5) is 12.3. The maximum absolute atomic E-state index is 12.3. The Morgan fingerprint density at radius 2 is 2.17 bits per heavy atom. The van der Waals surface area contributed by atoms with Crippen LogP contribution in [-0.2, 0) is 14.8 Å². The third-order valence-corrected chi connectivity index (χ3v) is 5.36. The van der Waals surface area contributed by atoms with Gasteiger partial charge in [0.25, 0.3) is 5.89 Å². The molecule has 1 N–H and O–H groups in total. The van der Waals surface area contributed by atoms with Gasteiger partial charge in [0.15, 0.2) is 10.4 Å². The van der Waals surface area contributed by atoms with Gasteiger partial charge in [0.2, 0.25) is 15.9 Å². The molecule has 1 saturated heterocycles. The molecule has 24 heavy (non-hydrogen) atoms. The van der Waals surface area contributed by atoms with Gasteiger partial charge in [-0.05, 0) is 40.9 Å². The van der Waals surface area contributed by atoms with Crippen LogP contribution in [0.25, 0.3) is 11.7 Å². The molecule has 1 amide bonds. The highest BCUT2D eigenvalue weighted by molar-refractivity contribution is 9.10. The number of nitrogens with one attached hydrogen (secondary N) is 1. The number of halogens is 1. The zero-order chi connectivity index (χ0) is 17.3. The van der Waals surface area contributed by atoms with Crippen molar-refractivity contribution in [2.45, 2.75) is 12.8 Å². The van der Waals surface area contributed by atoms with Gasteiger partial charge in [0.1, 0.15) is 0 Å². The SMILES string of the molecule is CS(=O)(=O)N1CCCC(C(=O)Nc2nnc(-c3ccc(Br)o3)o2)C1. The van der Waals surface area contributed by atoms with Crippen molar-refractivity contribution in [2.75, 3.05) is 24.7 Å². The minimum Gasteiger partial charge on any atom is -0.444 e. The molecular weight excluding hydrogens is 404 g/mol. The molecule has 1 unspecified atom stereocenters. The lowest BCUT2D eigenvalue weighted by atomic mass is 9.99. The van der Waals surface area contributed by atoms with Crippen molar-refractivity contribution < 1.29 is 22.0 Å². The van der Waals surface area contributed by atoms with E-state index in [2.05, 4.69) is 31.4 Å². The smallest absolute Gasteiger partial charge is 0.322 e. The number of piperidine rings is 1. The maximum atomic E-state index is 12.3. The van der Waals surface area contributed by atoms with E-state index in [9.17, 15) is 13.2 Å². The summed E-state index contributed by atoms with van der Waals surface area (Å²) in [5.74, 6) is -0.297. The second kappa shape index (κ2) is 6.65. The molecule has 0 radical (unpaired) electrons. The van der Waals surface area contributed by atoms with Crippen LogP contribution in [0.3, 0.4) is 0 Å². The van der Waals surface area contributed by atoms with Gasteiger partial charge in [0, 0.05) is 13.1 Å². The van der Waals surface area contributed by atoms with E-state index < -0.39 is 15.9 Å². The fourth-order valence-electron chi connectivity index (χ4n) is 2.47. The molecule has 0 aromatic carbocycles. The summed E-state index contributed by atoms with van der Waals surface area (Å²) in [7, 11) is -3.31. The summed E-state index contributed by atoms with van der Waals surface area (Å²) in [5.41, 5.74) is 0. The molecule has 11 heteroatoms. The number of furan rings is 1. The zero-order valence-electron chi connectivity index (χ0n) is 12.7. The van der Waals surface area contributed by atoms with Crippen LogP contribution in [0.5, 0.6) is 0 Å². The first-order valence-corrected chi connectivity index (χ1v) is 9.82. The molecule has 1 fully saturated rings. The standard InChI is InChI=1S/C13H15BrN4O5S/c1-24(20,21)18-6-2-3-8(7-18)11(19)15-13-17-16-12(23-13)9-4-5-10(14)22-9/h4-5,8H,2-3,6-7H2,1H3,(H,15,17,19). The van der Waals surface area contributed by atoms with Crippen LogP contribution in [0.1, 0.15) is 12.8 Å². The molecule has 2 aromatic heterocycles. The molecule has 0 saturated carbocycles. The number of rotatable bonds is 4. The minimum atomic E-state index is -3.31. The Morgan fingerprint density at radius 3 is 2.83 bits per heavy atom. The molecular formula is C13H15BrN4O5S. The molecule has 2 aromatic rings. The molecule has 1 atom stereocenters. The first kappa shape index (κ1) is 17.1. The quantitative estimate of drug-likeness (QED) is 0.801. The van der Waals surface area contributed by atoms with Crippen molar-refractivity contribution in [3.8, 4) is 11.7 Å². The van der Waals surface area contributed by atoms with E-state index in [-0.39, 0.29) is 24.4 Å². The van der Waals surface area contributed by atoms with Crippen molar-refractivity contribution in [2.24, 2.45) is 5.92 Å². The fraction of sp³-hybridized carbons (Fsp3) is 0.462. The Kier molecular flexibility index (Phi) is 4.74. The Morgan fingerprint density at radius 1 is 1.38 bits per heavy atom. The Labute approximate surface area is 146 Å². The largest absolute Gasteiger partial charge is 0.444 e. The normalized spacial score (nSPS) is 19.3. The lowest BCUT2D eigenvalue weighted by Crippen LogP contribution is -2.43. The third-order valence-electron chi connectivity index (χ3n) is 3.66. The molecule has 3 rings (SSSR count). The van der Waals surface area contributed by atoms with E-state index >= 15 is 0 Å². The molecule has 0 aliphatic carbocycles. The van der Waals surface area contributed by atoms with Crippen molar-refractivity contribution in [3.05, 3.63) is 16.8 Å². The van der Waals surface area contributed by atoms with Crippen molar-refractivity contribution in [1.82, 2.24) is 14.5 Å². The van der Waals surface area contributed by atoms with Gasteiger partial charge in [-0.3, -0.25) is 10.1 Å². The highest BCUT2D eigenvalue weighted by Gasteiger charge is 2.31. The van der Waals surface area contributed by atoms with Crippen LogP contribution < -0.4 is 5.32 Å². The zero-order valence-corrected chi connectivity index (χ0v) is 15.1. The van der Waals surface area contributed by atoms with E-state index in [1.54, 1.807) is 12.1 Å². The monoisotopic (exact) mass is 418 g/mol. The van der Waals surface area contributed by atoms with Crippen molar-refractivity contribution >= 4 is 37.9 Å². The number of hydrogen-bond donors (Lipinski definition) is 1. The van der Waals surface area contributed by atoms with Gasteiger partial charge in [-0.15, -0.1) is 5.10 Å². The van der Waals surface area contributed by atoms with Crippen LogP contribution in [-0.4, -0.2) is 48.2 Å². The second-order valence-electron chi connectivity index (χ2n) is 5.47. The van der Waals surface area contributed by atoms with Gasteiger partial charge in [-0.1, -0.05) is 5.10 Å². The molecule has 1 aliphatic rings. The number of amides is 1. The summed E-state index contributed by atoms with van der Waals surface area (Å²) >= 11 is 3.17. The fourth-order valence-corrected chi connectivity index (χ4v) is 3.69. The lowest BCUT2D eigenvalue weighted by Gasteiger charge is -2.29. The highest BCUT2D eigenvalue weighted by atomic mass is 79.9. The van der Waals surface area contributed by atoms with E-state index in [1.165, 1.54) is 4.31 Å². The van der Waals surface area contributed by atoms with Gasteiger partial charge < -0.3 is 8.83 Å². The predicted molar refractivity (Wildman–Crippen MR) is 87.5 cm³/mol. The van der Waals surface area contributed by atoms with E-state index in [4.69, 9.17) is 8.83 Å². The number of aromatic nitrogens is 2. The van der Waals surface area contributed by atoms with Gasteiger partial charge in [0.05, 0.1) is 12.2 Å². The first-order chi connectivity index (χ1) is 11.3. The summed E-state index contributed by atoms with van der Waals surface area (Å²) in [6.07, 6.45) is 2.36. The van der Waals surface area contributed by atoms with Crippen LogP contribution in [0, 0.1) is 5.92 Å². The lowest BCUT2D eigenvalue weighted by molar-refractivity contribution is -0.121. The summed E-state index contributed by atoms with van der Waals surface area (Å²) in [6.45, 7) is 0.581. The topological polar surface area (TPSA) is 119 Å². The average Bonchev–Trinajstić information content (AvgIpc) is 3.15. The summed E-state index contributed by atoms with van der Waals surface area (Å²) in [6, 6.07) is 3.27. The average molecular weight is 419 g/mol. The van der Waals surface area contributed by atoms with Gasteiger partial charge in [-0.25, -0.2) is 12.7 Å². The van der Waals surface area contributed by atoms with E-state index in [0.717, 1.165) is 6.26 Å². The molecule has 0 bridgehead atoms. The van der Waals surface area contributed by atoms with E-state index in [0.29, 0.717) is 29.8 Å². The second-order valence-corrected chi connectivity index (χ2v) is 8.23. The van der Waals surface area contributed by atoms with Crippen molar-refractivity contribution in [1.29, 1.82) is 0 Å². The number of nitrogens with zero attached hydrogens (tertiary/aromatic N) is 3.